The number of benzene rings is 2. The maximum atomic E-state index is 11.9. The first-order valence-corrected chi connectivity index (χ1v) is 6.82. The summed E-state index contributed by atoms with van der Waals surface area (Å²) in [5.41, 5.74) is 1.04. The van der Waals surface area contributed by atoms with E-state index in [9.17, 15) is 4.79 Å². The number of hydrogen-bond donors (Lipinski definition) is 0. The third kappa shape index (κ3) is 4.59. The minimum Gasteiger partial charge on any atom is -0.464 e. The highest BCUT2D eigenvalue weighted by Crippen LogP contribution is 2.12. The Morgan fingerprint density at radius 3 is 2.18 bits per heavy atom. The molecule has 0 aliphatic rings. The fourth-order valence-electron chi connectivity index (χ4n) is 1.80. The molecule has 0 aliphatic heterocycles. The molecule has 4 nitrogen and oxygen atoms in total. The summed E-state index contributed by atoms with van der Waals surface area (Å²) in [5, 5.41) is 0. The van der Waals surface area contributed by atoms with E-state index in [0.29, 0.717) is 11.6 Å². The van der Waals surface area contributed by atoms with E-state index < -0.39 is 5.97 Å². The third-order valence-corrected chi connectivity index (χ3v) is 2.78. The number of methoxy groups -OCH3 is 1. The van der Waals surface area contributed by atoms with Crippen molar-refractivity contribution in [1.29, 1.82) is 0 Å². The molecule has 4 heteroatoms. The lowest BCUT2D eigenvalue weighted by Crippen LogP contribution is -2.09. The molecule has 0 bridgehead atoms. The molecular formula is C18H17NO3. The number of rotatable bonds is 4. The van der Waals surface area contributed by atoms with E-state index in [1.807, 2.05) is 60.7 Å². The smallest absolute Gasteiger partial charge is 0.356 e. The van der Waals surface area contributed by atoms with Gasteiger partial charge in [-0.05, 0) is 23.8 Å². The molecule has 0 N–H and O–H groups in total. The lowest BCUT2D eigenvalue weighted by Gasteiger charge is -2.06. The summed E-state index contributed by atoms with van der Waals surface area (Å²) >= 11 is 0. The zero-order valence-corrected chi connectivity index (χ0v) is 12.5. The molecule has 0 unspecified atom stereocenters. The minimum absolute atomic E-state index is 0.183. The van der Waals surface area contributed by atoms with Crippen molar-refractivity contribution in [2.45, 2.75) is 6.92 Å². The van der Waals surface area contributed by atoms with E-state index >= 15 is 0 Å². The quantitative estimate of drug-likeness (QED) is 0.374. The van der Waals surface area contributed by atoms with Gasteiger partial charge in [0.25, 0.3) is 0 Å². The molecule has 0 saturated heterocycles. The normalized spacial score (nSPS) is 11.9. The van der Waals surface area contributed by atoms with Gasteiger partial charge >= 0.3 is 5.97 Å². The van der Waals surface area contributed by atoms with E-state index in [1.165, 1.54) is 7.11 Å². The van der Waals surface area contributed by atoms with Crippen molar-refractivity contribution in [3.63, 3.8) is 0 Å². The van der Waals surface area contributed by atoms with Gasteiger partial charge in [-0.2, -0.15) is 0 Å². The molecule has 2 aromatic rings. The van der Waals surface area contributed by atoms with E-state index in [4.69, 9.17) is 9.47 Å². The SMILES string of the molecule is COC(=O)/C(=C/c1ccccc1)N=C(C)Oc1ccccc1. The zero-order chi connectivity index (χ0) is 15.8. The number of aliphatic imine (C=N–C) groups is 1. The number of nitrogens with zero attached hydrogens (tertiary/aromatic N) is 1. The van der Waals surface area contributed by atoms with Crippen LogP contribution in [0.3, 0.4) is 0 Å². The molecule has 0 heterocycles. The number of esters is 1. The molecule has 0 amide bonds. The molecule has 0 aromatic heterocycles. The fraction of sp³-hybridized carbons (Fsp3) is 0.111. The second-order valence-corrected chi connectivity index (χ2v) is 4.48. The molecule has 2 aromatic carbocycles. The van der Waals surface area contributed by atoms with Crippen LogP contribution in [-0.4, -0.2) is 19.0 Å². The molecule has 0 saturated carbocycles. The summed E-state index contributed by atoms with van der Waals surface area (Å²) < 4.78 is 10.3. The summed E-state index contributed by atoms with van der Waals surface area (Å²) in [5.74, 6) is 0.506. The molecule has 112 valence electrons. The number of carbonyl (C=O) groups excluding carboxylic acids is 1. The first-order chi connectivity index (χ1) is 10.7. The van der Waals surface area contributed by atoms with Crippen LogP contribution < -0.4 is 4.74 Å². The summed E-state index contributed by atoms with van der Waals surface area (Å²) in [4.78, 5) is 16.1. The highest BCUT2D eigenvalue weighted by Gasteiger charge is 2.10. The van der Waals surface area contributed by atoms with Crippen molar-refractivity contribution in [1.82, 2.24) is 0 Å². The van der Waals surface area contributed by atoms with Crippen molar-refractivity contribution in [3.8, 4) is 5.75 Å². The van der Waals surface area contributed by atoms with E-state index in [1.54, 1.807) is 13.0 Å². The van der Waals surface area contributed by atoms with Gasteiger partial charge in [-0.15, -0.1) is 0 Å². The second kappa shape index (κ2) is 7.78. The van der Waals surface area contributed by atoms with Crippen LogP contribution in [0.1, 0.15) is 12.5 Å². The largest absolute Gasteiger partial charge is 0.464 e. The maximum absolute atomic E-state index is 11.9. The van der Waals surface area contributed by atoms with Gasteiger partial charge in [-0.1, -0.05) is 48.5 Å². The van der Waals surface area contributed by atoms with Crippen molar-refractivity contribution in [2.24, 2.45) is 4.99 Å². The van der Waals surface area contributed by atoms with Crippen LogP contribution in [0.2, 0.25) is 0 Å². The molecule has 0 aliphatic carbocycles. The van der Waals surface area contributed by atoms with Crippen LogP contribution in [0.4, 0.5) is 0 Å². The summed E-state index contributed by atoms with van der Waals surface area (Å²) in [7, 11) is 1.32. The van der Waals surface area contributed by atoms with Crippen LogP contribution in [0.15, 0.2) is 71.4 Å². The van der Waals surface area contributed by atoms with Crippen molar-refractivity contribution in [3.05, 3.63) is 71.9 Å². The Hall–Kier alpha value is -2.88. The van der Waals surface area contributed by atoms with Gasteiger partial charge in [0.2, 0.25) is 0 Å². The standard InChI is InChI=1S/C18H17NO3/c1-14(22-16-11-7-4-8-12-16)19-17(18(20)21-2)13-15-9-5-3-6-10-15/h3-13H,1-2H3/b17-13-,19-14?. The lowest BCUT2D eigenvalue weighted by molar-refractivity contribution is -0.136. The molecule has 0 radical (unpaired) electrons. The van der Waals surface area contributed by atoms with Gasteiger partial charge in [0, 0.05) is 6.92 Å². The Morgan fingerprint density at radius 2 is 1.59 bits per heavy atom. The van der Waals surface area contributed by atoms with Gasteiger partial charge in [0.1, 0.15) is 5.75 Å². The Kier molecular flexibility index (Phi) is 5.49. The summed E-state index contributed by atoms with van der Waals surface area (Å²) in [6.45, 7) is 1.69. The molecule has 0 spiro atoms. The number of ether oxygens (including phenoxy) is 2. The predicted octanol–water partition coefficient (Wildman–Crippen LogP) is 3.70. The van der Waals surface area contributed by atoms with Gasteiger partial charge in [0.05, 0.1) is 7.11 Å². The van der Waals surface area contributed by atoms with Crippen molar-refractivity contribution >= 4 is 17.9 Å². The topological polar surface area (TPSA) is 47.9 Å². The lowest BCUT2D eigenvalue weighted by atomic mass is 10.2. The van der Waals surface area contributed by atoms with Crippen molar-refractivity contribution in [2.75, 3.05) is 7.11 Å². The van der Waals surface area contributed by atoms with Crippen LogP contribution >= 0.6 is 0 Å². The van der Waals surface area contributed by atoms with E-state index in [2.05, 4.69) is 4.99 Å². The maximum Gasteiger partial charge on any atom is 0.356 e. The van der Waals surface area contributed by atoms with E-state index in [-0.39, 0.29) is 5.70 Å². The predicted molar refractivity (Wildman–Crippen MR) is 86.6 cm³/mol. The first-order valence-electron chi connectivity index (χ1n) is 6.82. The fourth-order valence-corrected chi connectivity index (χ4v) is 1.80. The van der Waals surface area contributed by atoms with Crippen LogP contribution in [0.25, 0.3) is 6.08 Å². The summed E-state index contributed by atoms with van der Waals surface area (Å²) in [6.07, 6.45) is 1.66. The van der Waals surface area contributed by atoms with E-state index in [0.717, 1.165) is 5.56 Å². The Morgan fingerprint density at radius 1 is 1.00 bits per heavy atom. The molecule has 2 rings (SSSR count). The molecule has 22 heavy (non-hydrogen) atoms. The monoisotopic (exact) mass is 295 g/mol. The van der Waals surface area contributed by atoms with Gasteiger partial charge in [-0.3, -0.25) is 0 Å². The third-order valence-electron chi connectivity index (χ3n) is 2.78. The molecule has 0 fully saturated rings. The highest BCUT2D eigenvalue weighted by molar-refractivity contribution is 5.96. The highest BCUT2D eigenvalue weighted by atomic mass is 16.5. The average Bonchev–Trinajstić information content (AvgIpc) is 2.55. The number of para-hydroxylation sites is 1. The van der Waals surface area contributed by atoms with Gasteiger partial charge in [-0.25, -0.2) is 9.79 Å². The summed E-state index contributed by atoms with van der Waals surface area (Å²) in [6, 6.07) is 18.7. The Bertz CT molecular complexity index is 676. The molecule has 0 atom stereocenters. The minimum atomic E-state index is -0.514. The van der Waals surface area contributed by atoms with Gasteiger partial charge in [0.15, 0.2) is 11.6 Å². The first kappa shape index (κ1) is 15.5. The van der Waals surface area contributed by atoms with Crippen LogP contribution in [0.5, 0.6) is 5.75 Å². The average molecular weight is 295 g/mol. The molecular weight excluding hydrogens is 278 g/mol. The number of hydrogen-bond acceptors (Lipinski definition) is 4. The Labute approximate surface area is 129 Å². The Balaban J connectivity index is 2.24. The number of carbonyl (C=O) groups is 1. The van der Waals surface area contributed by atoms with Crippen LogP contribution in [-0.2, 0) is 9.53 Å². The van der Waals surface area contributed by atoms with Gasteiger partial charge < -0.3 is 9.47 Å². The second-order valence-electron chi connectivity index (χ2n) is 4.48. The zero-order valence-electron chi connectivity index (χ0n) is 12.5. The van der Waals surface area contributed by atoms with Crippen molar-refractivity contribution < 1.29 is 14.3 Å². The van der Waals surface area contributed by atoms with Crippen LogP contribution in [0, 0.1) is 0 Å².